The highest BCUT2D eigenvalue weighted by molar-refractivity contribution is 5.86. The summed E-state index contributed by atoms with van der Waals surface area (Å²) in [5.74, 6) is 0. The number of allylic oxidation sites excluding steroid dienone is 1. The highest BCUT2D eigenvalue weighted by Crippen LogP contribution is 2.36. The average molecular weight is 221 g/mol. The lowest BCUT2D eigenvalue weighted by Gasteiger charge is -2.23. The molecule has 0 saturated carbocycles. The van der Waals surface area contributed by atoms with Gasteiger partial charge in [-0.15, -0.1) is 0 Å². The smallest absolute Gasteiger partial charge is 0.0526 e. The minimum Gasteiger partial charge on any atom is -0.260 e. The molecule has 0 unspecified atom stereocenters. The number of rotatable bonds is 0. The van der Waals surface area contributed by atoms with E-state index in [1.54, 1.807) is 0 Å². The van der Waals surface area contributed by atoms with Crippen LogP contribution in [-0.2, 0) is 6.42 Å². The minimum atomic E-state index is 0.948. The summed E-state index contributed by atoms with van der Waals surface area (Å²) in [7, 11) is 0. The highest BCUT2D eigenvalue weighted by atomic mass is 14.7. The first-order valence-corrected chi connectivity index (χ1v) is 5.97. The van der Waals surface area contributed by atoms with Gasteiger partial charge in [-0.05, 0) is 36.6 Å². The summed E-state index contributed by atoms with van der Waals surface area (Å²) in [6.45, 7) is 4.35. The molecule has 0 fully saturated rings. The molecule has 0 amide bonds. The van der Waals surface area contributed by atoms with Crippen molar-refractivity contribution in [3.05, 3.63) is 70.6 Å². The van der Waals surface area contributed by atoms with Crippen LogP contribution in [0.15, 0.2) is 48.2 Å². The Morgan fingerprint density at radius 2 is 1.76 bits per heavy atom. The zero-order valence-corrected chi connectivity index (χ0v) is 10.2. The summed E-state index contributed by atoms with van der Waals surface area (Å²) >= 11 is 0. The van der Waals surface area contributed by atoms with E-state index in [9.17, 15) is 0 Å². The van der Waals surface area contributed by atoms with Crippen LogP contribution < -0.4 is 0 Å². The van der Waals surface area contributed by atoms with E-state index in [1.807, 2.05) is 12.3 Å². The molecule has 1 aliphatic carbocycles. The van der Waals surface area contributed by atoms with Crippen LogP contribution in [0.3, 0.4) is 0 Å². The summed E-state index contributed by atoms with van der Waals surface area (Å²) < 4.78 is 0. The fourth-order valence-corrected chi connectivity index (χ4v) is 2.59. The van der Waals surface area contributed by atoms with Crippen molar-refractivity contribution in [2.45, 2.75) is 20.3 Å². The van der Waals surface area contributed by atoms with Crippen LogP contribution >= 0.6 is 0 Å². The van der Waals surface area contributed by atoms with Crippen molar-refractivity contribution in [1.82, 2.24) is 4.98 Å². The van der Waals surface area contributed by atoms with E-state index in [-0.39, 0.29) is 0 Å². The van der Waals surface area contributed by atoms with E-state index in [0.717, 1.165) is 6.42 Å². The summed E-state index contributed by atoms with van der Waals surface area (Å²) in [5.41, 5.74) is 7.96. The van der Waals surface area contributed by atoms with Gasteiger partial charge in [-0.25, -0.2) is 0 Å². The van der Waals surface area contributed by atoms with Gasteiger partial charge in [0.15, 0.2) is 0 Å². The van der Waals surface area contributed by atoms with E-state index >= 15 is 0 Å². The lowest BCUT2D eigenvalue weighted by Crippen LogP contribution is -2.09. The number of hydrogen-bond donors (Lipinski definition) is 0. The second kappa shape index (κ2) is 3.85. The molecular weight excluding hydrogens is 206 g/mol. The predicted molar refractivity (Wildman–Crippen MR) is 70.9 cm³/mol. The quantitative estimate of drug-likeness (QED) is 0.562. The third kappa shape index (κ3) is 1.59. The minimum absolute atomic E-state index is 0.948. The van der Waals surface area contributed by atoms with Gasteiger partial charge in [-0.1, -0.05) is 35.9 Å². The number of fused-ring (bicyclic) bond motifs is 2. The standard InChI is InChI=1S/C16H15N/c1-11(2)16-13-7-4-3-6-12(13)10-15-14(16)8-5-9-17-15/h3-9H,10H2,1-2H3. The Labute approximate surface area is 102 Å². The molecule has 2 aromatic rings. The van der Waals surface area contributed by atoms with Gasteiger partial charge in [0, 0.05) is 18.2 Å². The van der Waals surface area contributed by atoms with Crippen LogP contribution in [0.25, 0.3) is 5.57 Å². The van der Waals surface area contributed by atoms with Crippen LogP contribution in [0.2, 0.25) is 0 Å². The molecule has 3 rings (SSSR count). The maximum Gasteiger partial charge on any atom is 0.0526 e. The largest absolute Gasteiger partial charge is 0.260 e. The molecule has 1 heterocycles. The molecule has 1 aromatic carbocycles. The van der Waals surface area contributed by atoms with Crippen LogP contribution in [0.1, 0.15) is 36.2 Å². The van der Waals surface area contributed by atoms with Crippen molar-refractivity contribution in [1.29, 1.82) is 0 Å². The fourth-order valence-electron chi connectivity index (χ4n) is 2.59. The van der Waals surface area contributed by atoms with E-state index in [2.05, 4.69) is 49.2 Å². The maximum absolute atomic E-state index is 4.52. The molecule has 1 nitrogen and oxygen atoms in total. The number of benzene rings is 1. The molecule has 0 N–H and O–H groups in total. The summed E-state index contributed by atoms with van der Waals surface area (Å²) in [5, 5.41) is 0. The van der Waals surface area contributed by atoms with Gasteiger partial charge in [0.2, 0.25) is 0 Å². The number of nitrogens with zero attached hydrogens (tertiary/aromatic N) is 1. The van der Waals surface area contributed by atoms with Crippen molar-refractivity contribution >= 4 is 5.57 Å². The average Bonchev–Trinajstić information content (AvgIpc) is 2.35. The molecule has 0 bridgehead atoms. The molecular formula is C16H15N. The lowest BCUT2D eigenvalue weighted by atomic mass is 9.83. The molecule has 84 valence electrons. The van der Waals surface area contributed by atoms with Crippen molar-refractivity contribution in [3.8, 4) is 0 Å². The van der Waals surface area contributed by atoms with Gasteiger partial charge < -0.3 is 0 Å². The molecule has 0 atom stereocenters. The van der Waals surface area contributed by atoms with Crippen LogP contribution in [0, 0.1) is 0 Å². The topological polar surface area (TPSA) is 12.9 Å². The summed E-state index contributed by atoms with van der Waals surface area (Å²) in [6.07, 6.45) is 2.83. The molecule has 0 aliphatic heterocycles. The number of hydrogen-bond acceptors (Lipinski definition) is 1. The Hall–Kier alpha value is -1.89. The van der Waals surface area contributed by atoms with E-state index in [1.165, 1.54) is 33.5 Å². The van der Waals surface area contributed by atoms with Gasteiger partial charge in [-0.3, -0.25) is 4.98 Å². The monoisotopic (exact) mass is 221 g/mol. The normalized spacial score (nSPS) is 12.9. The highest BCUT2D eigenvalue weighted by Gasteiger charge is 2.20. The van der Waals surface area contributed by atoms with E-state index < -0.39 is 0 Å². The van der Waals surface area contributed by atoms with Gasteiger partial charge in [0.25, 0.3) is 0 Å². The molecule has 1 aliphatic rings. The first-order chi connectivity index (χ1) is 8.27. The second-order valence-corrected chi connectivity index (χ2v) is 4.71. The summed E-state index contributed by atoms with van der Waals surface area (Å²) in [4.78, 5) is 4.52. The Kier molecular flexibility index (Phi) is 2.32. The Balaban J connectivity index is 2.33. The van der Waals surface area contributed by atoms with Gasteiger partial charge in [0.05, 0.1) is 5.69 Å². The van der Waals surface area contributed by atoms with Crippen molar-refractivity contribution in [2.75, 3.05) is 0 Å². The number of pyridine rings is 1. The molecule has 0 saturated heterocycles. The van der Waals surface area contributed by atoms with Crippen LogP contribution in [0.4, 0.5) is 0 Å². The second-order valence-electron chi connectivity index (χ2n) is 4.71. The predicted octanol–water partition coefficient (Wildman–Crippen LogP) is 3.83. The molecule has 0 radical (unpaired) electrons. The first kappa shape index (κ1) is 10.3. The van der Waals surface area contributed by atoms with Crippen LogP contribution in [-0.4, -0.2) is 4.98 Å². The summed E-state index contributed by atoms with van der Waals surface area (Å²) in [6, 6.07) is 12.8. The lowest BCUT2D eigenvalue weighted by molar-refractivity contribution is 1.03. The molecule has 0 spiro atoms. The third-order valence-electron chi connectivity index (χ3n) is 3.30. The Morgan fingerprint density at radius 3 is 2.59 bits per heavy atom. The fraction of sp³-hybridized carbons (Fsp3) is 0.188. The van der Waals surface area contributed by atoms with Crippen molar-refractivity contribution in [2.24, 2.45) is 0 Å². The van der Waals surface area contributed by atoms with Gasteiger partial charge >= 0.3 is 0 Å². The molecule has 1 aromatic heterocycles. The van der Waals surface area contributed by atoms with Gasteiger partial charge in [-0.2, -0.15) is 0 Å². The Bertz CT molecular complexity index is 557. The molecule has 1 heteroatoms. The molecule has 17 heavy (non-hydrogen) atoms. The van der Waals surface area contributed by atoms with Crippen molar-refractivity contribution in [3.63, 3.8) is 0 Å². The van der Waals surface area contributed by atoms with Crippen LogP contribution in [0.5, 0.6) is 0 Å². The first-order valence-electron chi connectivity index (χ1n) is 5.97. The van der Waals surface area contributed by atoms with E-state index in [4.69, 9.17) is 0 Å². The van der Waals surface area contributed by atoms with E-state index in [0.29, 0.717) is 0 Å². The maximum atomic E-state index is 4.52. The third-order valence-corrected chi connectivity index (χ3v) is 3.30. The zero-order chi connectivity index (χ0) is 11.8. The Morgan fingerprint density at radius 1 is 1.00 bits per heavy atom. The zero-order valence-electron chi connectivity index (χ0n) is 10.2. The van der Waals surface area contributed by atoms with Gasteiger partial charge in [0.1, 0.15) is 0 Å². The SMILES string of the molecule is CC(C)=C1c2ccccc2Cc2ncccc21. The van der Waals surface area contributed by atoms with Crippen molar-refractivity contribution < 1.29 is 0 Å². The number of aromatic nitrogens is 1.